The van der Waals surface area contributed by atoms with E-state index in [-0.39, 0.29) is 30.0 Å². The van der Waals surface area contributed by atoms with E-state index in [1.807, 2.05) is 0 Å². The predicted octanol–water partition coefficient (Wildman–Crippen LogP) is 1.70. The Bertz CT molecular complexity index is 459. The zero-order valence-corrected chi connectivity index (χ0v) is 11.7. The zero-order valence-electron chi connectivity index (χ0n) is 10.1. The monoisotopic (exact) mass is 308 g/mol. The molecule has 1 fully saturated rings. The lowest BCUT2D eigenvalue weighted by molar-refractivity contribution is -0.0169. The summed E-state index contributed by atoms with van der Waals surface area (Å²) in [6.07, 6.45) is -0.190. The first-order valence-corrected chi connectivity index (χ1v) is 6.05. The van der Waals surface area contributed by atoms with E-state index in [0.717, 1.165) is 0 Å². The number of carbonyl (C=O) groups excluding carboxylic acids is 1. The van der Waals surface area contributed by atoms with Gasteiger partial charge in [-0.1, -0.05) is 11.6 Å². The Morgan fingerprint density at radius 1 is 1.58 bits per heavy atom. The van der Waals surface area contributed by atoms with Gasteiger partial charge in [-0.2, -0.15) is 0 Å². The summed E-state index contributed by atoms with van der Waals surface area (Å²) in [5, 5.41) is 0.336. The molecule has 106 valence electrons. The molecule has 1 atom stereocenters. The fraction of sp³-hybridized carbons (Fsp3) is 0.417. The van der Waals surface area contributed by atoms with Gasteiger partial charge in [-0.3, -0.25) is 4.79 Å². The number of rotatable bonds is 2. The molecular formula is C12H15Cl2FN2O2. The Morgan fingerprint density at radius 2 is 2.32 bits per heavy atom. The molecule has 0 spiro atoms. The second kappa shape index (κ2) is 7.05. The fourth-order valence-corrected chi connectivity index (χ4v) is 2.05. The van der Waals surface area contributed by atoms with Gasteiger partial charge >= 0.3 is 0 Å². The number of nitrogens with two attached hydrogens (primary N) is 1. The van der Waals surface area contributed by atoms with Crippen LogP contribution in [-0.2, 0) is 4.74 Å². The first-order chi connectivity index (χ1) is 8.61. The maximum absolute atomic E-state index is 13.6. The maximum Gasteiger partial charge on any atom is 0.257 e. The molecule has 1 amide bonds. The van der Waals surface area contributed by atoms with E-state index in [2.05, 4.69) is 0 Å². The van der Waals surface area contributed by atoms with Gasteiger partial charge in [0.15, 0.2) is 0 Å². The van der Waals surface area contributed by atoms with E-state index in [0.29, 0.717) is 31.3 Å². The summed E-state index contributed by atoms with van der Waals surface area (Å²) in [6, 6.07) is 3.94. The molecule has 1 unspecified atom stereocenters. The van der Waals surface area contributed by atoms with Crippen molar-refractivity contribution in [2.75, 3.05) is 26.2 Å². The summed E-state index contributed by atoms with van der Waals surface area (Å²) >= 11 is 5.77. The first kappa shape index (κ1) is 16.2. The van der Waals surface area contributed by atoms with Gasteiger partial charge in [0.05, 0.1) is 18.3 Å². The fourth-order valence-electron chi connectivity index (χ4n) is 1.88. The predicted molar refractivity (Wildman–Crippen MR) is 73.4 cm³/mol. The Labute approximate surface area is 122 Å². The summed E-state index contributed by atoms with van der Waals surface area (Å²) in [7, 11) is 0. The second-order valence-electron chi connectivity index (χ2n) is 4.10. The van der Waals surface area contributed by atoms with Crippen LogP contribution in [0.4, 0.5) is 4.39 Å². The first-order valence-electron chi connectivity index (χ1n) is 5.68. The van der Waals surface area contributed by atoms with Gasteiger partial charge in [0, 0.05) is 24.7 Å². The van der Waals surface area contributed by atoms with E-state index in [4.69, 9.17) is 22.1 Å². The van der Waals surface area contributed by atoms with Gasteiger partial charge in [-0.25, -0.2) is 4.39 Å². The molecule has 19 heavy (non-hydrogen) atoms. The molecular weight excluding hydrogens is 294 g/mol. The third-order valence-corrected chi connectivity index (χ3v) is 3.08. The highest BCUT2D eigenvalue weighted by Crippen LogP contribution is 2.18. The van der Waals surface area contributed by atoms with Crippen LogP contribution < -0.4 is 5.73 Å². The average molecular weight is 309 g/mol. The van der Waals surface area contributed by atoms with Crippen molar-refractivity contribution in [1.29, 1.82) is 0 Å². The summed E-state index contributed by atoms with van der Waals surface area (Å²) in [5.41, 5.74) is 5.49. The van der Waals surface area contributed by atoms with Crippen LogP contribution in [0.5, 0.6) is 0 Å². The zero-order chi connectivity index (χ0) is 13.1. The minimum Gasteiger partial charge on any atom is -0.373 e. The number of carbonyl (C=O) groups is 1. The highest BCUT2D eigenvalue weighted by atomic mass is 35.5. The van der Waals surface area contributed by atoms with Crippen LogP contribution in [0.2, 0.25) is 5.02 Å². The standard InChI is InChI=1S/C12H14ClFN2O2.ClH/c13-8-1-2-11(14)10(5-8)12(17)16-3-4-18-9(6-15)7-16;/h1-2,5,9H,3-4,6-7,15H2;1H. The minimum absolute atomic E-state index is 0. The van der Waals surface area contributed by atoms with Crippen molar-refractivity contribution in [2.45, 2.75) is 6.10 Å². The molecule has 0 radical (unpaired) electrons. The van der Waals surface area contributed by atoms with E-state index < -0.39 is 5.82 Å². The van der Waals surface area contributed by atoms with Crippen LogP contribution in [0.15, 0.2) is 18.2 Å². The molecule has 1 aliphatic heterocycles. The van der Waals surface area contributed by atoms with Gasteiger partial charge in [0.2, 0.25) is 0 Å². The third-order valence-electron chi connectivity index (χ3n) is 2.85. The summed E-state index contributed by atoms with van der Waals surface area (Å²) in [5.74, 6) is -0.947. The van der Waals surface area contributed by atoms with E-state index in [9.17, 15) is 9.18 Å². The maximum atomic E-state index is 13.6. The van der Waals surface area contributed by atoms with Gasteiger partial charge in [-0.15, -0.1) is 12.4 Å². The van der Waals surface area contributed by atoms with Crippen molar-refractivity contribution < 1.29 is 13.9 Å². The minimum atomic E-state index is -0.569. The lowest BCUT2D eigenvalue weighted by atomic mass is 10.1. The highest BCUT2D eigenvalue weighted by Gasteiger charge is 2.25. The van der Waals surface area contributed by atoms with Crippen LogP contribution in [-0.4, -0.2) is 43.2 Å². The van der Waals surface area contributed by atoms with Crippen LogP contribution in [0.1, 0.15) is 10.4 Å². The van der Waals surface area contributed by atoms with Gasteiger partial charge in [0.25, 0.3) is 5.91 Å². The van der Waals surface area contributed by atoms with Crippen molar-refractivity contribution in [2.24, 2.45) is 5.73 Å². The summed E-state index contributed by atoms with van der Waals surface area (Å²) in [4.78, 5) is 13.7. The van der Waals surface area contributed by atoms with E-state index in [1.54, 1.807) is 0 Å². The second-order valence-corrected chi connectivity index (χ2v) is 4.54. The molecule has 1 aromatic rings. The SMILES string of the molecule is Cl.NCC1CN(C(=O)c2cc(Cl)ccc2F)CCO1. The largest absolute Gasteiger partial charge is 0.373 e. The van der Waals surface area contributed by atoms with Crippen LogP contribution in [0.25, 0.3) is 0 Å². The number of ether oxygens (including phenoxy) is 1. The normalized spacial score (nSPS) is 18.9. The molecule has 0 aliphatic carbocycles. The number of halogens is 3. The molecule has 0 bridgehead atoms. The number of amides is 1. The van der Waals surface area contributed by atoms with Gasteiger partial charge in [0.1, 0.15) is 5.82 Å². The lowest BCUT2D eigenvalue weighted by Crippen LogP contribution is -2.48. The van der Waals surface area contributed by atoms with Crippen molar-refractivity contribution in [3.63, 3.8) is 0 Å². The van der Waals surface area contributed by atoms with Crippen molar-refractivity contribution in [1.82, 2.24) is 4.90 Å². The summed E-state index contributed by atoms with van der Waals surface area (Å²) < 4.78 is 19.0. The Morgan fingerprint density at radius 3 is 3.00 bits per heavy atom. The molecule has 2 N–H and O–H groups in total. The van der Waals surface area contributed by atoms with E-state index in [1.165, 1.54) is 23.1 Å². The molecule has 1 aromatic carbocycles. The number of morpholine rings is 1. The van der Waals surface area contributed by atoms with Crippen molar-refractivity contribution in [3.05, 3.63) is 34.6 Å². The van der Waals surface area contributed by atoms with Crippen LogP contribution >= 0.6 is 24.0 Å². The molecule has 7 heteroatoms. The molecule has 4 nitrogen and oxygen atoms in total. The van der Waals surface area contributed by atoms with E-state index >= 15 is 0 Å². The Kier molecular flexibility index (Phi) is 6.00. The number of hydrogen-bond donors (Lipinski definition) is 1. The van der Waals surface area contributed by atoms with Crippen molar-refractivity contribution >= 4 is 29.9 Å². The van der Waals surface area contributed by atoms with Crippen LogP contribution in [0.3, 0.4) is 0 Å². The number of nitrogens with zero attached hydrogens (tertiary/aromatic N) is 1. The number of benzene rings is 1. The molecule has 1 aliphatic rings. The lowest BCUT2D eigenvalue weighted by Gasteiger charge is -2.32. The van der Waals surface area contributed by atoms with Crippen LogP contribution in [0, 0.1) is 5.82 Å². The topological polar surface area (TPSA) is 55.6 Å². The summed E-state index contributed by atoms with van der Waals surface area (Å²) in [6.45, 7) is 1.56. The quantitative estimate of drug-likeness (QED) is 0.905. The number of hydrogen-bond acceptors (Lipinski definition) is 3. The Hall–Kier alpha value is -0.880. The van der Waals surface area contributed by atoms with Gasteiger partial charge in [-0.05, 0) is 18.2 Å². The van der Waals surface area contributed by atoms with Gasteiger partial charge < -0.3 is 15.4 Å². The molecule has 1 heterocycles. The molecule has 0 aromatic heterocycles. The van der Waals surface area contributed by atoms with Crippen molar-refractivity contribution in [3.8, 4) is 0 Å². The molecule has 0 saturated carbocycles. The Balaban J connectivity index is 0.00000180. The smallest absolute Gasteiger partial charge is 0.257 e. The highest BCUT2D eigenvalue weighted by molar-refractivity contribution is 6.31. The average Bonchev–Trinajstić information content (AvgIpc) is 2.41. The molecule has 1 saturated heterocycles. The molecule has 2 rings (SSSR count). The third kappa shape index (κ3) is 3.79.